The number of rotatable bonds is 4. The Hall–Kier alpha value is -2.04. The van der Waals surface area contributed by atoms with Crippen LogP contribution in [0.3, 0.4) is 0 Å². The highest BCUT2D eigenvalue weighted by atomic mass is 19.1. The first kappa shape index (κ1) is 13.0. The van der Waals surface area contributed by atoms with Gasteiger partial charge in [0.25, 0.3) is 0 Å². The molecule has 4 nitrogen and oxygen atoms in total. The Kier molecular flexibility index (Phi) is 4.51. The molecular weight excluding hydrogens is 223 g/mol. The standard InChI is InChI=1S/C12H15FN2O2/c1-3-17-12(16)8(2)11(14)15-10-6-4-9(13)5-7-10/h4-7,15H,3,14H2,1-2H3/b11-8+. The molecule has 0 heterocycles. The first-order valence-electron chi connectivity index (χ1n) is 5.20. The van der Waals surface area contributed by atoms with Crippen molar-refractivity contribution in [1.29, 1.82) is 0 Å². The van der Waals surface area contributed by atoms with Crippen molar-refractivity contribution in [3.8, 4) is 0 Å². The van der Waals surface area contributed by atoms with Crippen LogP contribution in [-0.2, 0) is 9.53 Å². The molecule has 0 spiro atoms. The van der Waals surface area contributed by atoms with Crippen molar-refractivity contribution in [2.45, 2.75) is 13.8 Å². The summed E-state index contributed by atoms with van der Waals surface area (Å²) in [5, 5.41) is 2.80. The molecule has 0 fully saturated rings. The Labute approximate surface area is 99.3 Å². The van der Waals surface area contributed by atoms with Crippen LogP contribution in [0.2, 0.25) is 0 Å². The number of halogens is 1. The maximum absolute atomic E-state index is 12.7. The number of ether oxygens (including phenoxy) is 1. The average molecular weight is 238 g/mol. The Balaban J connectivity index is 2.76. The lowest BCUT2D eigenvalue weighted by molar-refractivity contribution is -0.138. The summed E-state index contributed by atoms with van der Waals surface area (Å²) in [5.41, 5.74) is 6.58. The van der Waals surface area contributed by atoms with Gasteiger partial charge in [0, 0.05) is 5.69 Å². The van der Waals surface area contributed by atoms with Gasteiger partial charge >= 0.3 is 5.97 Å². The molecular formula is C12H15FN2O2. The summed E-state index contributed by atoms with van der Waals surface area (Å²) in [6, 6.07) is 5.66. The van der Waals surface area contributed by atoms with Gasteiger partial charge in [-0.2, -0.15) is 0 Å². The molecule has 0 amide bonds. The molecule has 5 heteroatoms. The van der Waals surface area contributed by atoms with Crippen LogP contribution in [0.4, 0.5) is 10.1 Å². The van der Waals surface area contributed by atoms with E-state index in [9.17, 15) is 9.18 Å². The van der Waals surface area contributed by atoms with Gasteiger partial charge in [-0.15, -0.1) is 0 Å². The lowest BCUT2D eigenvalue weighted by Crippen LogP contribution is -2.17. The molecule has 1 aromatic rings. The second-order valence-electron chi connectivity index (χ2n) is 3.39. The molecule has 0 radical (unpaired) electrons. The number of hydrogen-bond acceptors (Lipinski definition) is 4. The monoisotopic (exact) mass is 238 g/mol. The smallest absolute Gasteiger partial charge is 0.337 e. The number of carbonyl (C=O) groups excluding carboxylic acids is 1. The highest BCUT2D eigenvalue weighted by Gasteiger charge is 2.09. The predicted molar refractivity (Wildman–Crippen MR) is 63.5 cm³/mol. The van der Waals surface area contributed by atoms with Gasteiger partial charge in [0.05, 0.1) is 12.2 Å². The van der Waals surface area contributed by atoms with Crippen molar-refractivity contribution < 1.29 is 13.9 Å². The van der Waals surface area contributed by atoms with E-state index in [0.29, 0.717) is 12.3 Å². The van der Waals surface area contributed by atoms with Crippen molar-refractivity contribution in [1.82, 2.24) is 0 Å². The van der Waals surface area contributed by atoms with E-state index in [1.165, 1.54) is 24.3 Å². The maximum Gasteiger partial charge on any atom is 0.337 e. The first-order valence-corrected chi connectivity index (χ1v) is 5.20. The second-order valence-corrected chi connectivity index (χ2v) is 3.39. The normalized spacial score (nSPS) is 11.7. The predicted octanol–water partition coefficient (Wildman–Crippen LogP) is 1.99. The quantitative estimate of drug-likeness (QED) is 0.622. The summed E-state index contributed by atoms with van der Waals surface area (Å²) in [6.45, 7) is 3.57. The summed E-state index contributed by atoms with van der Waals surface area (Å²) in [6.07, 6.45) is 0. The van der Waals surface area contributed by atoms with E-state index >= 15 is 0 Å². The zero-order valence-electron chi connectivity index (χ0n) is 9.79. The first-order chi connectivity index (χ1) is 8.04. The van der Waals surface area contributed by atoms with Gasteiger partial charge in [0.15, 0.2) is 0 Å². The SMILES string of the molecule is CCOC(=O)/C(C)=C(\N)Nc1ccc(F)cc1. The van der Waals surface area contributed by atoms with Gasteiger partial charge in [-0.1, -0.05) is 0 Å². The summed E-state index contributed by atoms with van der Waals surface area (Å²) >= 11 is 0. The lowest BCUT2D eigenvalue weighted by atomic mass is 10.2. The number of nitrogens with two attached hydrogens (primary N) is 1. The largest absolute Gasteiger partial charge is 0.463 e. The van der Waals surface area contributed by atoms with E-state index in [1.807, 2.05) is 0 Å². The molecule has 0 saturated carbocycles. The van der Waals surface area contributed by atoms with Crippen molar-refractivity contribution in [2.75, 3.05) is 11.9 Å². The van der Waals surface area contributed by atoms with Crippen LogP contribution < -0.4 is 11.1 Å². The molecule has 0 aliphatic heterocycles. The zero-order valence-corrected chi connectivity index (χ0v) is 9.79. The van der Waals surface area contributed by atoms with Crippen LogP contribution in [0.1, 0.15) is 13.8 Å². The van der Waals surface area contributed by atoms with Crippen LogP contribution in [0.25, 0.3) is 0 Å². The van der Waals surface area contributed by atoms with Crippen molar-refractivity contribution in [3.63, 3.8) is 0 Å². The molecule has 0 aromatic heterocycles. The Morgan fingerprint density at radius 2 is 2.00 bits per heavy atom. The highest BCUT2D eigenvalue weighted by Crippen LogP contribution is 2.11. The molecule has 1 rings (SSSR count). The number of hydrogen-bond donors (Lipinski definition) is 2. The van der Waals surface area contributed by atoms with Crippen LogP contribution in [0, 0.1) is 5.82 Å². The van der Waals surface area contributed by atoms with Crippen LogP contribution in [-0.4, -0.2) is 12.6 Å². The number of anilines is 1. The molecule has 3 N–H and O–H groups in total. The molecule has 17 heavy (non-hydrogen) atoms. The molecule has 0 saturated heterocycles. The van der Waals surface area contributed by atoms with Crippen molar-refractivity contribution >= 4 is 11.7 Å². The third-order valence-corrected chi connectivity index (χ3v) is 2.11. The third-order valence-electron chi connectivity index (χ3n) is 2.11. The molecule has 0 bridgehead atoms. The number of benzene rings is 1. The number of carbonyl (C=O) groups is 1. The Bertz CT molecular complexity index is 427. The highest BCUT2D eigenvalue weighted by molar-refractivity contribution is 5.89. The molecule has 0 aliphatic rings. The summed E-state index contributed by atoms with van der Waals surface area (Å²) < 4.78 is 17.5. The Morgan fingerprint density at radius 1 is 1.41 bits per heavy atom. The summed E-state index contributed by atoms with van der Waals surface area (Å²) in [7, 11) is 0. The van der Waals surface area contributed by atoms with Crippen molar-refractivity contribution in [3.05, 3.63) is 41.5 Å². The number of nitrogens with one attached hydrogen (secondary N) is 1. The van der Waals surface area contributed by atoms with Crippen LogP contribution >= 0.6 is 0 Å². The fourth-order valence-electron chi connectivity index (χ4n) is 1.13. The zero-order chi connectivity index (χ0) is 12.8. The minimum absolute atomic E-state index is 0.190. The van der Waals surface area contributed by atoms with Crippen molar-refractivity contribution in [2.24, 2.45) is 5.73 Å². The summed E-state index contributed by atoms with van der Waals surface area (Å²) in [5.74, 6) is -0.616. The van der Waals surface area contributed by atoms with Gasteiger partial charge in [0.2, 0.25) is 0 Å². The van der Waals surface area contributed by atoms with E-state index in [0.717, 1.165) is 0 Å². The van der Waals surface area contributed by atoms with Gasteiger partial charge in [-0.05, 0) is 38.1 Å². The van der Waals surface area contributed by atoms with Crippen LogP contribution in [0.15, 0.2) is 35.7 Å². The maximum atomic E-state index is 12.7. The number of esters is 1. The fourth-order valence-corrected chi connectivity index (χ4v) is 1.13. The van der Waals surface area contributed by atoms with E-state index in [1.54, 1.807) is 13.8 Å². The fraction of sp³-hybridized carbons (Fsp3) is 0.250. The third kappa shape index (κ3) is 3.79. The van der Waals surface area contributed by atoms with Gasteiger partial charge in [0.1, 0.15) is 11.6 Å². The molecule has 92 valence electrons. The lowest BCUT2D eigenvalue weighted by Gasteiger charge is -2.09. The topological polar surface area (TPSA) is 64.3 Å². The Morgan fingerprint density at radius 3 is 2.53 bits per heavy atom. The van der Waals surface area contributed by atoms with Gasteiger partial charge in [-0.25, -0.2) is 9.18 Å². The summed E-state index contributed by atoms with van der Waals surface area (Å²) in [4.78, 5) is 11.4. The van der Waals surface area contributed by atoms with Gasteiger partial charge < -0.3 is 15.8 Å². The van der Waals surface area contributed by atoms with Crippen LogP contribution in [0.5, 0.6) is 0 Å². The van der Waals surface area contributed by atoms with E-state index in [2.05, 4.69) is 5.32 Å². The molecule has 1 aromatic carbocycles. The molecule has 0 atom stereocenters. The minimum Gasteiger partial charge on any atom is -0.463 e. The van der Waals surface area contributed by atoms with E-state index in [4.69, 9.17) is 10.5 Å². The minimum atomic E-state index is -0.473. The van der Waals surface area contributed by atoms with E-state index in [-0.39, 0.29) is 17.2 Å². The van der Waals surface area contributed by atoms with Gasteiger partial charge in [-0.3, -0.25) is 0 Å². The average Bonchev–Trinajstić information content (AvgIpc) is 2.31. The molecule has 0 unspecified atom stereocenters. The van der Waals surface area contributed by atoms with E-state index < -0.39 is 5.97 Å². The molecule has 0 aliphatic carbocycles. The second kappa shape index (κ2) is 5.89.